The molecule has 5 heteroatoms. The van der Waals surface area contributed by atoms with Crippen LogP contribution in [0.4, 0.5) is 0 Å². The van der Waals surface area contributed by atoms with Gasteiger partial charge in [0.2, 0.25) is 0 Å². The number of benzene rings is 2. The quantitative estimate of drug-likeness (QED) is 0.747. The lowest BCUT2D eigenvalue weighted by molar-refractivity contribution is 0.0954. The number of hydrogen-bond donors (Lipinski definition) is 1. The molecule has 3 rings (SSSR count). The SMILES string of the molecule is CCCNC(=O)c1cn(-c2ccccc2)nc1-c1cccc(OC)c1. The molecule has 0 atom stereocenters. The van der Waals surface area contributed by atoms with Crippen molar-refractivity contribution in [1.29, 1.82) is 0 Å². The van der Waals surface area contributed by atoms with Crippen molar-refractivity contribution in [3.05, 3.63) is 66.4 Å². The second-order valence-corrected chi connectivity index (χ2v) is 5.66. The summed E-state index contributed by atoms with van der Waals surface area (Å²) in [5.41, 5.74) is 2.93. The summed E-state index contributed by atoms with van der Waals surface area (Å²) >= 11 is 0. The Kier molecular flexibility index (Phi) is 5.14. The first kappa shape index (κ1) is 16.8. The molecular weight excluding hydrogens is 314 g/mol. The van der Waals surface area contributed by atoms with E-state index in [0.717, 1.165) is 23.4 Å². The Morgan fingerprint density at radius 3 is 2.68 bits per heavy atom. The Bertz CT molecular complexity index is 856. The van der Waals surface area contributed by atoms with E-state index in [9.17, 15) is 4.79 Å². The van der Waals surface area contributed by atoms with Crippen LogP contribution >= 0.6 is 0 Å². The minimum Gasteiger partial charge on any atom is -0.497 e. The molecule has 25 heavy (non-hydrogen) atoms. The largest absolute Gasteiger partial charge is 0.497 e. The maximum absolute atomic E-state index is 12.6. The van der Waals surface area contributed by atoms with Gasteiger partial charge in [-0.25, -0.2) is 4.68 Å². The van der Waals surface area contributed by atoms with Gasteiger partial charge in [0.25, 0.3) is 5.91 Å². The molecule has 1 heterocycles. The molecule has 1 aromatic heterocycles. The number of rotatable bonds is 6. The smallest absolute Gasteiger partial charge is 0.255 e. The topological polar surface area (TPSA) is 56.2 Å². The van der Waals surface area contributed by atoms with E-state index in [1.165, 1.54) is 0 Å². The first-order chi connectivity index (χ1) is 12.2. The van der Waals surface area contributed by atoms with E-state index in [4.69, 9.17) is 4.74 Å². The van der Waals surface area contributed by atoms with Crippen molar-refractivity contribution in [2.75, 3.05) is 13.7 Å². The lowest BCUT2D eigenvalue weighted by Gasteiger charge is -2.05. The molecule has 0 bridgehead atoms. The fraction of sp³-hybridized carbons (Fsp3) is 0.200. The molecular formula is C20H21N3O2. The fourth-order valence-corrected chi connectivity index (χ4v) is 2.57. The number of amides is 1. The highest BCUT2D eigenvalue weighted by atomic mass is 16.5. The Balaban J connectivity index is 2.07. The summed E-state index contributed by atoms with van der Waals surface area (Å²) in [5.74, 6) is 0.605. The van der Waals surface area contributed by atoms with Crippen molar-refractivity contribution in [1.82, 2.24) is 15.1 Å². The number of carbonyl (C=O) groups is 1. The van der Waals surface area contributed by atoms with Gasteiger partial charge < -0.3 is 10.1 Å². The average molecular weight is 335 g/mol. The summed E-state index contributed by atoms with van der Waals surface area (Å²) in [6.07, 6.45) is 2.65. The van der Waals surface area contributed by atoms with Gasteiger partial charge in [0.05, 0.1) is 18.4 Å². The maximum Gasteiger partial charge on any atom is 0.255 e. The van der Waals surface area contributed by atoms with E-state index in [1.807, 2.05) is 61.5 Å². The molecule has 0 saturated carbocycles. The summed E-state index contributed by atoms with van der Waals surface area (Å²) < 4.78 is 7.03. The second kappa shape index (κ2) is 7.66. The minimum atomic E-state index is -0.123. The van der Waals surface area contributed by atoms with Crippen LogP contribution in [0.15, 0.2) is 60.8 Å². The van der Waals surface area contributed by atoms with E-state index in [-0.39, 0.29) is 5.91 Å². The Morgan fingerprint density at radius 2 is 1.96 bits per heavy atom. The molecule has 1 N–H and O–H groups in total. The summed E-state index contributed by atoms with van der Waals surface area (Å²) in [7, 11) is 1.62. The van der Waals surface area contributed by atoms with Gasteiger partial charge in [-0.05, 0) is 30.7 Å². The number of aromatic nitrogens is 2. The van der Waals surface area contributed by atoms with Gasteiger partial charge in [-0.2, -0.15) is 5.10 Å². The van der Waals surface area contributed by atoms with Crippen molar-refractivity contribution in [3.63, 3.8) is 0 Å². The van der Waals surface area contributed by atoms with Gasteiger partial charge in [-0.1, -0.05) is 37.3 Å². The Morgan fingerprint density at radius 1 is 1.16 bits per heavy atom. The van der Waals surface area contributed by atoms with Crippen LogP contribution in [0, 0.1) is 0 Å². The summed E-state index contributed by atoms with van der Waals surface area (Å²) in [5, 5.41) is 7.58. The Hall–Kier alpha value is -3.08. The van der Waals surface area contributed by atoms with Crippen molar-refractivity contribution >= 4 is 5.91 Å². The van der Waals surface area contributed by atoms with Crippen LogP contribution in [0.3, 0.4) is 0 Å². The highest BCUT2D eigenvalue weighted by Gasteiger charge is 2.18. The van der Waals surface area contributed by atoms with Gasteiger partial charge >= 0.3 is 0 Å². The standard InChI is InChI=1S/C20H21N3O2/c1-3-12-21-20(24)18-14-23(16-9-5-4-6-10-16)22-19(18)15-8-7-11-17(13-15)25-2/h4-11,13-14H,3,12H2,1-2H3,(H,21,24). The molecule has 0 aliphatic heterocycles. The number of methoxy groups -OCH3 is 1. The van der Waals surface area contributed by atoms with Crippen LogP contribution < -0.4 is 10.1 Å². The third kappa shape index (κ3) is 3.71. The molecule has 0 spiro atoms. The number of carbonyl (C=O) groups excluding carboxylic acids is 1. The van der Waals surface area contributed by atoms with Crippen LogP contribution in [-0.2, 0) is 0 Å². The van der Waals surface area contributed by atoms with Crippen molar-refractivity contribution in [2.24, 2.45) is 0 Å². The highest BCUT2D eigenvalue weighted by Crippen LogP contribution is 2.27. The normalized spacial score (nSPS) is 10.5. The summed E-state index contributed by atoms with van der Waals surface area (Å²) in [6, 6.07) is 17.3. The van der Waals surface area contributed by atoms with E-state index in [0.29, 0.717) is 17.8 Å². The van der Waals surface area contributed by atoms with Gasteiger partial charge in [0.1, 0.15) is 11.4 Å². The van der Waals surface area contributed by atoms with Crippen LogP contribution in [0.1, 0.15) is 23.7 Å². The molecule has 0 aliphatic carbocycles. The van der Waals surface area contributed by atoms with E-state index in [1.54, 1.807) is 18.0 Å². The van der Waals surface area contributed by atoms with E-state index >= 15 is 0 Å². The number of hydrogen-bond acceptors (Lipinski definition) is 3. The van der Waals surface area contributed by atoms with Gasteiger partial charge in [-0.3, -0.25) is 4.79 Å². The van der Waals surface area contributed by atoms with Crippen molar-refractivity contribution in [3.8, 4) is 22.7 Å². The zero-order valence-corrected chi connectivity index (χ0v) is 14.4. The fourth-order valence-electron chi connectivity index (χ4n) is 2.57. The number of ether oxygens (including phenoxy) is 1. The summed E-state index contributed by atoms with van der Waals surface area (Å²) in [6.45, 7) is 2.66. The van der Waals surface area contributed by atoms with Crippen LogP contribution in [-0.4, -0.2) is 29.3 Å². The number of nitrogens with one attached hydrogen (secondary N) is 1. The highest BCUT2D eigenvalue weighted by molar-refractivity contribution is 6.00. The van der Waals surface area contributed by atoms with Crippen LogP contribution in [0.5, 0.6) is 5.75 Å². The molecule has 128 valence electrons. The zero-order chi connectivity index (χ0) is 17.6. The molecule has 5 nitrogen and oxygen atoms in total. The van der Waals surface area contributed by atoms with E-state index in [2.05, 4.69) is 10.4 Å². The molecule has 3 aromatic rings. The predicted molar refractivity (Wildman–Crippen MR) is 98.2 cm³/mol. The van der Waals surface area contributed by atoms with Gasteiger partial charge in [-0.15, -0.1) is 0 Å². The molecule has 2 aromatic carbocycles. The minimum absolute atomic E-state index is 0.123. The zero-order valence-electron chi connectivity index (χ0n) is 14.4. The molecule has 0 saturated heterocycles. The lowest BCUT2D eigenvalue weighted by atomic mass is 10.1. The molecule has 0 unspecified atom stereocenters. The van der Waals surface area contributed by atoms with Gasteiger partial charge in [0.15, 0.2) is 0 Å². The first-order valence-corrected chi connectivity index (χ1v) is 8.30. The van der Waals surface area contributed by atoms with Gasteiger partial charge in [0, 0.05) is 18.3 Å². The predicted octanol–water partition coefficient (Wildman–Crippen LogP) is 3.69. The van der Waals surface area contributed by atoms with Crippen molar-refractivity contribution in [2.45, 2.75) is 13.3 Å². The molecule has 1 amide bonds. The first-order valence-electron chi connectivity index (χ1n) is 8.30. The molecule has 0 radical (unpaired) electrons. The van der Waals surface area contributed by atoms with E-state index < -0.39 is 0 Å². The second-order valence-electron chi connectivity index (χ2n) is 5.66. The average Bonchev–Trinajstić information content (AvgIpc) is 3.12. The third-order valence-electron chi connectivity index (χ3n) is 3.86. The third-order valence-corrected chi connectivity index (χ3v) is 3.86. The summed E-state index contributed by atoms with van der Waals surface area (Å²) in [4.78, 5) is 12.6. The molecule has 0 fully saturated rings. The van der Waals surface area contributed by atoms with Crippen LogP contribution in [0.25, 0.3) is 16.9 Å². The number of nitrogens with zero attached hydrogens (tertiary/aromatic N) is 2. The monoisotopic (exact) mass is 335 g/mol. The lowest BCUT2D eigenvalue weighted by Crippen LogP contribution is -2.24. The maximum atomic E-state index is 12.6. The van der Waals surface area contributed by atoms with Crippen molar-refractivity contribution < 1.29 is 9.53 Å². The molecule has 0 aliphatic rings. The Labute approximate surface area is 147 Å². The number of para-hydroxylation sites is 1. The van der Waals surface area contributed by atoms with Crippen LogP contribution in [0.2, 0.25) is 0 Å².